The molecule has 30 heavy (non-hydrogen) atoms. The number of aromatic nitrogens is 2. The van der Waals surface area contributed by atoms with Crippen molar-refractivity contribution in [2.45, 2.75) is 25.2 Å². The first-order valence-corrected chi connectivity index (χ1v) is 8.99. The second kappa shape index (κ2) is 7.77. The number of nitrogens with zero attached hydrogens (tertiary/aromatic N) is 2. The molecule has 1 aliphatic rings. The van der Waals surface area contributed by atoms with Crippen molar-refractivity contribution >= 4 is 17.5 Å². The van der Waals surface area contributed by atoms with Crippen LogP contribution in [-0.4, -0.2) is 22.4 Å². The minimum absolute atomic E-state index is 0.00687. The second-order valence-corrected chi connectivity index (χ2v) is 6.71. The van der Waals surface area contributed by atoms with Crippen LogP contribution in [0.2, 0.25) is 0 Å². The highest BCUT2D eigenvalue weighted by Crippen LogP contribution is 2.31. The summed E-state index contributed by atoms with van der Waals surface area (Å²) < 4.78 is 68.7. The van der Waals surface area contributed by atoms with Gasteiger partial charge in [0, 0.05) is 23.7 Å². The van der Waals surface area contributed by atoms with Crippen LogP contribution in [0.4, 0.5) is 39.4 Å². The number of benzene rings is 2. The number of hydrogen-bond donors (Lipinski definition) is 2. The van der Waals surface area contributed by atoms with Crippen molar-refractivity contribution in [2.24, 2.45) is 0 Å². The molecular weight excluding hydrogens is 407 g/mol. The first kappa shape index (κ1) is 19.9. The van der Waals surface area contributed by atoms with E-state index >= 15 is 0 Å². The van der Waals surface area contributed by atoms with Gasteiger partial charge in [-0.15, -0.1) is 13.2 Å². The second-order valence-electron chi connectivity index (χ2n) is 6.71. The standard InChI is InChI=1S/C20H15F5N4O/c21-12-4-7-16(15(22)9-12)27-18-10-17(28-19(29-18)26-13-5-6-13)11-2-1-3-14(8-11)30-20(23,24)25/h1-4,7-10,13H,5-6H2,(H2,26,27,28,29). The molecule has 1 aliphatic carbocycles. The van der Waals surface area contributed by atoms with Crippen molar-refractivity contribution in [2.75, 3.05) is 10.6 Å². The van der Waals surface area contributed by atoms with Gasteiger partial charge in [0.05, 0.1) is 11.4 Å². The normalized spacial score (nSPS) is 13.8. The lowest BCUT2D eigenvalue weighted by Crippen LogP contribution is -2.17. The number of rotatable bonds is 6. The third-order valence-corrected chi connectivity index (χ3v) is 4.19. The zero-order valence-corrected chi connectivity index (χ0v) is 15.3. The fourth-order valence-corrected chi connectivity index (χ4v) is 2.72. The molecule has 1 aromatic heterocycles. The van der Waals surface area contributed by atoms with Crippen LogP contribution >= 0.6 is 0 Å². The number of ether oxygens (including phenoxy) is 1. The molecule has 0 bridgehead atoms. The monoisotopic (exact) mass is 422 g/mol. The zero-order valence-electron chi connectivity index (χ0n) is 15.3. The fraction of sp³-hybridized carbons (Fsp3) is 0.200. The van der Waals surface area contributed by atoms with Gasteiger partial charge in [-0.1, -0.05) is 12.1 Å². The SMILES string of the molecule is Fc1ccc(Nc2cc(-c3cccc(OC(F)(F)F)c3)nc(NC3CC3)n2)c(F)c1. The Morgan fingerprint density at radius 3 is 2.47 bits per heavy atom. The van der Waals surface area contributed by atoms with Gasteiger partial charge in [-0.05, 0) is 37.1 Å². The van der Waals surface area contributed by atoms with Crippen molar-refractivity contribution in [3.05, 3.63) is 60.2 Å². The highest BCUT2D eigenvalue weighted by Gasteiger charge is 2.31. The first-order valence-electron chi connectivity index (χ1n) is 8.99. The quantitative estimate of drug-likeness (QED) is 0.504. The summed E-state index contributed by atoms with van der Waals surface area (Å²) in [5.41, 5.74) is 0.638. The average molecular weight is 422 g/mol. The van der Waals surface area contributed by atoms with E-state index < -0.39 is 23.7 Å². The summed E-state index contributed by atoms with van der Waals surface area (Å²) in [6.45, 7) is 0. The molecule has 1 fully saturated rings. The number of hydrogen-bond acceptors (Lipinski definition) is 5. The highest BCUT2D eigenvalue weighted by molar-refractivity contribution is 5.68. The van der Waals surface area contributed by atoms with Crippen LogP contribution in [0, 0.1) is 11.6 Å². The first-order chi connectivity index (χ1) is 14.2. The van der Waals surface area contributed by atoms with E-state index in [0.717, 1.165) is 25.0 Å². The van der Waals surface area contributed by atoms with Gasteiger partial charge in [0.1, 0.15) is 23.2 Å². The Morgan fingerprint density at radius 1 is 0.967 bits per heavy atom. The summed E-state index contributed by atoms with van der Waals surface area (Å²) in [5, 5.41) is 5.85. The van der Waals surface area contributed by atoms with Crippen molar-refractivity contribution < 1.29 is 26.7 Å². The van der Waals surface area contributed by atoms with E-state index in [1.54, 1.807) is 6.07 Å². The van der Waals surface area contributed by atoms with Crippen molar-refractivity contribution in [1.29, 1.82) is 0 Å². The van der Waals surface area contributed by atoms with Gasteiger partial charge in [-0.3, -0.25) is 0 Å². The Labute approximate surface area is 167 Å². The smallest absolute Gasteiger partial charge is 0.406 e. The maximum absolute atomic E-state index is 14.0. The Morgan fingerprint density at radius 2 is 1.77 bits per heavy atom. The summed E-state index contributed by atoms with van der Waals surface area (Å²) in [4.78, 5) is 8.62. The topological polar surface area (TPSA) is 59.1 Å². The van der Waals surface area contributed by atoms with E-state index in [2.05, 4.69) is 25.3 Å². The molecule has 0 saturated heterocycles. The van der Waals surface area contributed by atoms with Crippen molar-refractivity contribution in [1.82, 2.24) is 9.97 Å². The molecule has 10 heteroatoms. The summed E-state index contributed by atoms with van der Waals surface area (Å²) in [7, 11) is 0. The number of alkyl halides is 3. The minimum Gasteiger partial charge on any atom is -0.406 e. The predicted octanol–water partition coefficient (Wildman–Crippen LogP) is 5.64. The summed E-state index contributed by atoms with van der Waals surface area (Å²) in [5.74, 6) is -1.50. The largest absolute Gasteiger partial charge is 0.573 e. The molecule has 0 unspecified atom stereocenters. The van der Waals surface area contributed by atoms with E-state index in [-0.39, 0.29) is 23.5 Å². The maximum Gasteiger partial charge on any atom is 0.573 e. The summed E-state index contributed by atoms with van der Waals surface area (Å²) in [6.07, 6.45) is -2.94. The van der Waals surface area contributed by atoms with Gasteiger partial charge in [0.2, 0.25) is 5.95 Å². The van der Waals surface area contributed by atoms with E-state index in [1.807, 2.05) is 0 Å². The van der Waals surface area contributed by atoms with Gasteiger partial charge >= 0.3 is 6.36 Å². The number of halogens is 5. The van der Waals surface area contributed by atoms with E-state index in [0.29, 0.717) is 11.3 Å². The van der Waals surface area contributed by atoms with Crippen LogP contribution in [0.5, 0.6) is 5.75 Å². The lowest BCUT2D eigenvalue weighted by Gasteiger charge is -2.13. The highest BCUT2D eigenvalue weighted by atomic mass is 19.4. The van der Waals surface area contributed by atoms with Gasteiger partial charge in [-0.25, -0.2) is 13.8 Å². The Hall–Kier alpha value is -3.43. The maximum atomic E-state index is 14.0. The molecule has 4 rings (SSSR count). The molecule has 2 aromatic carbocycles. The predicted molar refractivity (Wildman–Crippen MR) is 100 cm³/mol. The minimum atomic E-state index is -4.82. The van der Waals surface area contributed by atoms with Gasteiger partial charge in [0.25, 0.3) is 0 Å². The average Bonchev–Trinajstić information content (AvgIpc) is 3.47. The number of anilines is 3. The van der Waals surface area contributed by atoms with Crippen LogP contribution < -0.4 is 15.4 Å². The van der Waals surface area contributed by atoms with Gasteiger partial charge in [-0.2, -0.15) is 4.98 Å². The lowest BCUT2D eigenvalue weighted by molar-refractivity contribution is -0.274. The molecule has 3 aromatic rings. The van der Waals surface area contributed by atoms with Crippen molar-refractivity contribution in [3.63, 3.8) is 0 Å². The molecule has 1 saturated carbocycles. The fourth-order valence-electron chi connectivity index (χ4n) is 2.72. The van der Waals surface area contributed by atoms with Crippen LogP contribution in [0.15, 0.2) is 48.5 Å². The van der Waals surface area contributed by atoms with Gasteiger partial charge < -0.3 is 15.4 Å². The van der Waals surface area contributed by atoms with Crippen LogP contribution in [-0.2, 0) is 0 Å². The molecule has 5 nitrogen and oxygen atoms in total. The Kier molecular flexibility index (Phi) is 5.15. The van der Waals surface area contributed by atoms with Gasteiger partial charge in [0.15, 0.2) is 0 Å². The van der Waals surface area contributed by atoms with E-state index in [9.17, 15) is 22.0 Å². The Balaban J connectivity index is 1.68. The summed E-state index contributed by atoms with van der Waals surface area (Å²) >= 11 is 0. The molecule has 156 valence electrons. The van der Waals surface area contributed by atoms with Crippen LogP contribution in [0.1, 0.15) is 12.8 Å². The van der Waals surface area contributed by atoms with E-state index in [4.69, 9.17) is 0 Å². The molecule has 0 radical (unpaired) electrons. The molecule has 0 amide bonds. The lowest BCUT2D eigenvalue weighted by atomic mass is 10.1. The molecule has 1 heterocycles. The third kappa shape index (κ3) is 5.13. The molecule has 2 N–H and O–H groups in total. The summed E-state index contributed by atoms with van der Waals surface area (Å²) in [6, 6.07) is 10.0. The van der Waals surface area contributed by atoms with Crippen LogP contribution in [0.3, 0.4) is 0 Å². The van der Waals surface area contributed by atoms with Crippen molar-refractivity contribution in [3.8, 4) is 17.0 Å². The molecule has 0 atom stereocenters. The van der Waals surface area contributed by atoms with Crippen LogP contribution in [0.25, 0.3) is 11.3 Å². The molecule has 0 spiro atoms. The molecular formula is C20H15F5N4O. The van der Waals surface area contributed by atoms with E-state index in [1.165, 1.54) is 30.3 Å². The Bertz CT molecular complexity index is 1070. The zero-order chi connectivity index (χ0) is 21.3. The molecule has 0 aliphatic heterocycles. The number of nitrogens with one attached hydrogen (secondary N) is 2. The third-order valence-electron chi connectivity index (χ3n) is 4.19.